The molecule has 0 saturated carbocycles. The molecule has 2 heterocycles. The normalized spacial score (nSPS) is 20.9. The van der Waals surface area contributed by atoms with Crippen LogP contribution in [0.4, 0.5) is 4.79 Å². The van der Waals surface area contributed by atoms with E-state index in [0.29, 0.717) is 12.3 Å². The lowest BCUT2D eigenvalue weighted by atomic mass is 10.1. The van der Waals surface area contributed by atoms with E-state index in [1.165, 1.54) is 4.90 Å². The van der Waals surface area contributed by atoms with Gasteiger partial charge in [-0.2, -0.15) is 0 Å². The second-order valence-corrected chi connectivity index (χ2v) is 4.59. The van der Waals surface area contributed by atoms with Crippen LogP contribution < -0.4 is 5.32 Å². The molecule has 2 atom stereocenters. The lowest BCUT2D eigenvalue weighted by Gasteiger charge is -2.16. The summed E-state index contributed by atoms with van der Waals surface area (Å²) in [6.07, 6.45) is 0. The second kappa shape index (κ2) is 4.72. The van der Waals surface area contributed by atoms with Crippen LogP contribution in [-0.2, 0) is 4.79 Å². The Balaban J connectivity index is 2.01. The van der Waals surface area contributed by atoms with Crippen molar-refractivity contribution in [1.29, 1.82) is 0 Å². The zero-order chi connectivity index (χ0) is 13.3. The van der Waals surface area contributed by atoms with Gasteiger partial charge in [0.15, 0.2) is 0 Å². The monoisotopic (exact) mass is 252 g/mol. The third-order valence-corrected chi connectivity index (χ3v) is 3.01. The third kappa shape index (κ3) is 2.47. The van der Waals surface area contributed by atoms with Crippen molar-refractivity contribution < 1.29 is 19.1 Å². The topological polar surface area (TPSA) is 82.8 Å². The Morgan fingerprint density at radius 2 is 2.39 bits per heavy atom. The van der Waals surface area contributed by atoms with E-state index in [-0.39, 0.29) is 18.6 Å². The lowest BCUT2D eigenvalue weighted by molar-refractivity contribution is -0.141. The quantitative estimate of drug-likeness (QED) is 0.848. The summed E-state index contributed by atoms with van der Waals surface area (Å²) in [5.41, 5.74) is 0. The van der Waals surface area contributed by atoms with Crippen molar-refractivity contribution in [3.63, 3.8) is 0 Å². The standard InChI is InChI=1S/C12H16N2O4/c1-7(11(15)16)5-14-6-9(13-12(14)17)10-4-3-8(2)18-10/h3-4,7,9H,5-6H2,1-2H3,(H,13,17)(H,15,16). The van der Waals surface area contributed by atoms with Crippen LogP contribution in [0.2, 0.25) is 0 Å². The number of aliphatic carboxylic acids is 1. The first kappa shape index (κ1) is 12.5. The molecule has 6 nitrogen and oxygen atoms in total. The van der Waals surface area contributed by atoms with Crippen molar-refractivity contribution in [2.45, 2.75) is 19.9 Å². The summed E-state index contributed by atoms with van der Waals surface area (Å²) in [5.74, 6) is 0.0101. The fourth-order valence-corrected chi connectivity index (χ4v) is 1.96. The van der Waals surface area contributed by atoms with Gasteiger partial charge in [-0.15, -0.1) is 0 Å². The number of furan rings is 1. The minimum absolute atomic E-state index is 0.202. The highest BCUT2D eigenvalue weighted by Gasteiger charge is 2.33. The smallest absolute Gasteiger partial charge is 0.318 e. The van der Waals surface area contributed by atoms with Crippen LogP contribution in [0.3, 0.4) is 0 Å². The molecule has 0 bridgehead atoms. The van der Waals surface area contributed by atoms with Crippen molar-refractivity contribution in [3.05, 3.63) is 23.7 Å². The van der Waals surface area contributed by atoms with Gasteiger partial charge < -0.3 is 19.7 Å². The van der Waals surface area contributed by atoms with Gasteiger partial charge in [0.2, 0.25) is 0 Å². The molecule has 2 amide bonds. The van der Waals surface area contributed by atoms with Gasteiger partial charge in [0.1, 0.15) is 17.6 Å². The molecule has 1 fully saturated rings. The number of aryl methyl sites for hydroxylation is 1. The molecule has 0 aromatic carbocycles. The largest absolute Gasteiger partial charge is 0.481 e. The summed E-state index contributed by atoms with van der Waals surface area (Å²) in [4.78, 5) is 24.0. The van der Waals surface area contributed by atoms with Crippen LogP contribution in [-0.4, -0.2) is 35.1 Å². The van der Waals surface area contributed by atoms with Gasteiger partial charge in [-0.25, -0.2) is 4.79 Å². The number of nitrogens with one attached hydrogen (secondary N) is 1. The van der Waals surface area contributed by atoms with Crippen molar-refractivity contribution in [2.24, 2.45) is 5.92 Å². The maximum absolute atomic E-state index is 11.7. The van der Waals surface area contributed by atoms with Crippen molar-refractivity contribution in [2.75, 3.05) is 13.1 Å². The first-order chi connectivity index (χ1) is 8.47. The van der Waals surface area contributed by atoms with Crippen LogP contribution in [0.25, 0.3) is 0 Å². The Hall–Kier alpha value is -1.98. The Morgan fingerprint density at radius 3 is 2.94 bits per heavy atom. The Bertz CT molecular complexity index is 468. The van der Waals surface area contributed by atoms with Crippen molar-refractivity contribution >= 4 is 12.0 Å². The van der Waals surface area contributed by atoms with E-state index in [1.807, 2.05) is 19.1 Å². The zero-order valence-corrected chi connectivity index (χ0v) is 10.3. The highest BCUT2D eigenvalue weighted by Crippen LogP contribution is 2.22. The first-order valence-electron chi connectivity index (χ1n) is 5.82. The highest BCUT2D eigenvalue weighted by molar-refractivity contribution is 5.78. The molecule has 2 unspecified atom stereocenters. The Kier molecular flexibility index (Phi) is 3.27. The predicted molar refractivity (Wildman–Crippen MR) is 63.1 cm³/mol. The number of hydrogen-bond acceptors (Lipinski definition) is 3. The number of carbonyl (C=O) groups is 2. The van der Waals surface area contributed by atoms with Gasteiger partial charge in [0.25, 0.3) is 0 Å². The van der Waals surface area contributed by atoms with Gasteiger partial charge >= 0.3 is 12.0 Å². The maximum atomic E-state index is 11.7. The minimum atomic E-state index is -0.903. The van der Waals surface area contributed by atoms with Gasteiger partial charge in [-0.1, -0.05) is 6.92 Å². The molecule has 1 aromatic rings. The van der Waals surface area contributed by atoms with Crippen molar-refractivity contribution in [1.82, 2.24) is 10.2 Å². The number of nitrogens with zero attached hydrogens (tertiary/aromatic N) is 1. The number of carboxylic acids is 1. The number of rotatable bonds is 4. The van der Waals surface area contributed by atoms with E-state index >= 15 is 0 Å². The highest BCUT2D eigenvalue weighted by atomic mass is 16.4. The number of hydrogen-bond donors (Lipinski definition) is 2. The number of amides is 2. The summed E-state index contributed by atoms with van der Waals surface area (Å²) in [6, 6.07) is 3.21. The average Bonchev–Trinajstić information content (AvgIpc) is 2.86. The molecule has 0 spiro atoms. The average molecular weight is 252 g/mol. The fourth-order valence-electron chi connectivity index (χ4n) is 1.96. The summed E-state index contributed by atoms with van der Waals surface area (Å²) in [6.45, 7) is 4.06. The third-order valence-electron chi connectivity index (χ3n) is 3.01. The molecule has 1 aliphatic heterocycles. The van der Waals surface area contributed by atoms with Gasteiger partial charge in [0, 0.05) is 13.1 Å². The lowest BCUT2D eigenvalue weighted by Crippen LogP contribution is -2.34. The summed E-state index contributed by atoms with van der Waals surface area (Å²) in [7, 11) is 0. The summed E-state index contributed by atoms with van der Waals surface area (Å²) < 4.78 is 5.46. The minimum Gasteiger partial charge on any atom is -0.481 e. The molecular weight excluding hydrogens is 236 g/mol. The fraction of sp³-hybridized carbons (Fsp3) is 0.500. The molecule has 18 heavy (non-hydrogen) atoms. The second-order valence-electron chi connectivity index (χ2n) is 4.59. The van der Waals surface area contributed by atoms with E-state index in [2.05, 4.69) is 5.32 Å². The molecule has 1 saturated heterocycles. The molecule has 2 N–H and O–H groups in total. The molecule has 98 valence electrons. The van der Waals surface area contributed by atoms with E-state index in [1.54, 1.807) is 6.92 Å². The number of urea groups is 1. The molecule has 1 aliphatic rings. The molecular formula is C12H16N2O4. The zero-order valence-electron chi connectivity index (χ0n) is 10.3. The molecule has 6 heteroatoms. The van der Waals surface area contributed by atoms with Gasteiger partial charge in [-0.05, 0) is 19.1 Å². The molecule has 0 radical (unpaired) electrons. The van der Waals surface area contributed by atoms with Crippen LogP contribution in [0.15, 0.2) is 16.5 Å². The predicted octanol–water partition coefficient (Wildman–Crippen LogP) is 1.38. The number of carbonyl (C=O) groups excluding carboxylic acids is 1. The SMILES string of the molecule is Cc1ccc(C2CN(CC(C)C(=O)O)C(=O)N2)o1. The van der Waals surface area contributed by atoms with Crippen LogP contribution in [0.5, 0.6) is 0 Å². The van der Waals surface area contributed by atoms with E-state index in [0.717, 1.165) is 5.76 Å². The van der Waals surface area contributed by atoms with Crippen LogP contribution in [0, 0.1) is 12.8 Å². The molecule has 0 aliphatic carbocycles. The first-order valence-corrected chi connectivity index (χ1v) is 5.82. The van der Waals surface area contributed by atoms with E-state index in [4.69, 9.17) is 9.52 Å². The van der Waals surface area contributed by atoms with Crippen LogP contribution in [0.1, 0.15) is 24.5 Å². The maximum Gasteiger partial charge on any atom is 0.318 e. The van der Waals surface area contributed by atoms with Gasteiger partial charge in [0.05, 0.1) is 5.92 Å². The van der Waals surface area contributed by atoms with Crippen LogP contribution >= 0.6 is 0 Å². The number of carboxylic acid groups (broad SMARTS) is 1. The van der Waals surface area contributed by atoms with Crippen molar-refractivity contribution in [3.8, 4) is 0 Å². The Morgan fingerprint density at radius 1 is 1.67 bits per heavy atom. The molecule has 1 aromatic heterocycles. The molecule has 2 rings (SSSR count). The van der Waals surface area contributed by atoms with E-state index in [9.17, 15) is 9.59 Å². The summed E-state index contributed by atoms with van der Waals surface area (Å²) >= 11 is 0. The summed E-state index contributed by atoms with van der Waals surface area (Å²) in [5, 5.41) is 11.6. The Labute approximate surface area is 105 Å². The van der Waals surface area contributed by atoms with Gasteiger partial charge in [-0.3, -0.25) is 4.79 Å². The van der Waals surface area contributed by atoms with E-state index < -0.39 is 11.9 Å².